The van der Waals surface area contributed by atoms with Gasteiger partial charge in [0.15, 0.2) is 0 Å². The van der Waals surface area contributed by atoms with E-state index >= 15 is 0 Å². The van der Waals surface area contributed by atoms with Gasteiger partial charge in [-0.2, -0.15) is 4.31 Å². The van der Waals surface area contributed by atoms with E-state index in [0.717, 1.165) is 12.8 Å². The first-order valence-corrected chi connectivity index (χ1v) is 10.4. The normalized spacial score (nSPS) is 16.5. The van der Waals surface area contributed by atoms with Crippen LogP contribution < -0.4 is 11.2 Å². The molecule has 1 amide bonds. The Hall–Kier alpha value is -2.11. The highest BCUT2D eigenvalue weighted by atomic mass is 32.2. The van der Waals surface area contributed by atoms with Crippen LogP contribution in [0.5, 0.6) is 0 Å². The Morgan fingerprint density at radius 2 is 1.92 bits per heavy atom. The van der Waals surface area contributed by atoms with E-state index in [1.807, 2.05) is 0 Å². The lowest BCUT2D eigenvalue weighted by Crippen LogP contribution is -2.28. The molecule has 0 radical (unpaired) electrons. The second kappa shape index (κ2) is 7.64. The van der Waals surface area contributed by atoms with Crippen LogP contribution in [0.1, 0.15) is 19.8 Å². The van der Waals surface area contributed by atoms with Crippen molar-refractivity contribution in [2.75, 3.05) is 24.2 Å². The molecule has 26 heavy (non-hydrogen) atoms. The van der Waals surface area contributed by atoms with Gasteiger partial charge in [0.05, 0.1) is 10.1 Å². The van der Waals surface area contributed by atoms with E-state index in [9.17, 15) is 13.2 Å². The summed E-state index contributed by atoms with van der Waals surface area (Å²) < 4.78 is 27.7. The summed E-state index contributed by atoms with van der Waals surface area (Å²) in [6, 6.07) is 6.20. The minimum Gasteiger partial charge on any atom is -0.336 e. The fourth-order valence-electron chi connectivity index (χ4n) is 2.56. The van der Waals surface area contributed by atoms with E-state index in [1.165, 1.54) is 39.2 Å². The number of nitrogens with one attached hydrogen (secondary N) is 1. The van der Waals surface area contributed by atoms with Crippen LogP contribution in [0.3, 0.4) is 0 Å². The van der Waals surface area contributed by atoms with Gasteiger partial charge < -0.3 is 11.2 Å². The lowest BCUT2D eigenvalue weighted by atomic mass is 10.3. The van der Waals surface area contributed by atoms with Crippen molar-refractivity contribution in [3.05, 3.63) is 30.6 Å². The van der Waals surface area contributed by atoms with Gasteiger partial charge in [-0.05, 0) is 44.0 Å². The summed E-state index contributed by atoms with van der Waals surface area (Å²) in [7, 11) is -3.45. The summed E-state index contributed by atoms with van der Waals surface area (Å²) in [5.41, 5.74) is 0.525. The minimum atomic E-state index is -3.45. The topological polar surface area (TPSA) is 123 Å². The SMILES string of the molecule is CC(Sc1nncn1N)C(=O)Nc1ccc(S(=O)(=O)N2CCCC2)cc1. The maximum atomic E-state index is 12.5. The number of nitrogens with zero attached hydrogens (tertiary/aromatic N) is 4. The molecule has 1 aromatic heterocycles. The van der Waals surface area contributed by atoms with Crippen molar-refractivity contribution in [2.45, 2.75) is 35.1 Å². The van der Waals surface area contributed by atoms with E-state index in [2.05, 4.69) is 15.5 Å². The molecule has 2 heterocycles. The number of benzene rings is 1. The van der Waals surface area contributed by atoms with Crippen molar-refractivity contribution in [3.63, 3.8) is 0 Å². The summed E-state index contributed by atoms with van der Waals surface area (Å²) >= 11 is 1.18. The second-order valence-corrected chi connectivity index (χ2v) is 9.15. The quantitative estimate of drug-likeness (QED) is 0.549. The summed E-state index contributed by atoms with van der Waals surface area (Å²) in [5, 5.41) is 10.2. The molecule has 11 heteroatoms. The fourth-order valence-corrected chi connectivity index (χ4v) is 4.82. The molecule has 1 unspecified atom stereocenters. The van der Waals surface area contributed by atoms with Crippen LogP contribution in [0, 0.1) is 0 Å². The molecule has 140 valence electrons. The Morgan fingerprint density at radius 3 is 2.50 bits per heavy atom. The number of anilines is 1. The highest BCUT2D eigenvalue weighted by Gasteiger charge is 2.27. The van der Waals surface area contributed by atoms with Crippen LogP contribution in [0.4, 0.5) is 5.69 Å². The summed E-state index contributed by atoms with van der Waals surface area (Å²) in [6.45, 7) is 2.84. The van der Waals surface area contributed by atoms with Crippen LogP contribution in [0.2, 0.25) is 0 Å². The van der Waals surface area contributed by atoms with Crippen LogP contribution >= 0.6 is 11.8 Å². The molecule has 1 aliphatic heterocycles. The Kier molecular flexibility index (Phi) is 5.49. The molecule has 3 rings (SSSR count). The molecule has 1 atom stereocenters. The molecule has 0 spiro atoms. The Balaban J connectivity index is 1.63. The molecular formula is C15H20N6O3S2. The maximum absolute atomic E-state index is 12.5. The molecular weight excluding hydrogens is 376 g/mol. The molecule has 2 aromatic rings. The second-order valence-electron chi connectivity index (χ2n) is 5.91. The van der Waals surface area contributed by atoms with Crippen LogP contribution in [0.15, 0.2) is 40.6 Å². The molecule has 1 aliphatic rings. The van der Waals surface area contributed by atoms with E-state index in [0.29, 0.717) is 23.9 Å². The van der Waals surface area contributed by atoms with Gasteiger partial charge in [0.1, 0.15) is 6.33 Å². The molecule has 0 saturated carbocycles. The van der Waals surface area contributed by atoms with E-state index in [1.54, 1.807) is 19.1 Å². The van der Waals surface area contributed by atoms with Gasteiger partial charge in [-0.3, -0.25) is 4.79 Å². The first-order valence-electron chi connectivity index (χ1n) is 8.11. The highest BCUT2D eigenvalue weighted by molar-refractivity contribution is 8.00. The number of rotatable bonds is 6. The molecule has 9 nitrogen and oxygen atoms in total. The van der Waals surface area contributed by atoms with Crippen molar-refractivity contribution in [1.29, 1.82) is 0 Å². The predicted octanol–water partition coefficient (Wildman–Crippen LogP) is 0.896. The molecule has 3 N–H and O–H groups in total. The van der Waals surface area contributed by atoms with Gasteiger partial charge in [-0.15, -0.1) is 10.2 Å². The molecule has 1 saturated heterocycles. The first kappa shape index (κ1) is 18.7. The molecule has 1 fully saturated rings. The Labute approximate surface area is 156 Å². The monoisotopic (exact) mass is 396 g/mol. The number of carbonyl (C=O) groups is 1. The number of nitrogens with two attached hydrogens (primary N) is 1. The smallest absolute Gasteiger partial charge is 0.243 e. The number of aromatic nitrogens is 3. The standard InChI is InChI=1S/C15H20N6O3S2/c1-11(25-15-19-17-10-21(15)16)14(22)18-12-4-6-13(7-5-12)26(23,24)20-8-2-3-9-20/h4-7,10-11H,2-3,8-9,16H2,1H3,(H,18,22). The third-order valence-electron chi connectivity index (χ3n) is 4.02. The van der Waals surface area contributed by atoms with Crippen molar-refractivity contribution < 1.29 is 13.2 Å². The van der Waals surface area contributed by atoms with Crippen molar-refractivity contribution in [1.82, 2.24) is 19.2 Å². The Morgan fingerprint density at radius 1 is 1.27 bits per heavy atom. The number of hydrogen-bond donors (Lipinski definition) is 2. The number of carbonyl (C=O) groups excluding carboxylic acids is 1. The summed E-state index contributed by atoms with van der Waals surface area (Å²) in [6.07, 6.45) is 3.13. The average molecular weight is 396 g/mol. The van der Waals surface area contributed by atoms with Crippen LogP contribution in [-0.2, 0) is 14.8 Å². The Bertz CT molecular complexity index is 875. The third-order valence-corrected chi connectivity index (χ3v) is 7.00. The van der Waals surface area contributed by atoms with Gasteiger partial charge in [0.2, 0.25) is 21.1 Å². The van der Waals surface area contributed by atoms with E-state index < -0.39 is 15.3 Å². The average Bonchev–Trinajstić information content (AvgIpc) is 3.28. The van der Waals surface area contributed by atoms with Crippen molar-refractivity contribution in [2.24, 2.45) is 0 Å². The fraction of sp³-hybridized carbons (Fsp3) is 0.400. The number of amides is 1. The third kappa shape index (κ3) is 4.00. The van der Waals surface area contributed by atoms with E-state index in [4.69, 9.17) is 5.84 Å². The van der Waals surface area contributed by atoms with Crippen LogP contribution in [0.25, 0.3) is 0 Å². The summed E-state index contributed by atoms with van der Waals surface area (Å²) in [4.78, 5) is 12.5. The zero-order chi connectivity index (χ0) is 18.7. The highest BCUT2D eigenvalue weighted by Crippen LogP contribution is 2.24. The first-order chi connectivity index (χ1) is 12.4. The number of hydrogen-bond acceptors (Lipinski definition) is 7. The lowest BCUT2D eigenvalue weighted by Gasteiger charge is -2.16. The van der Waals surface area contributed by atoms with Crippen LogP contribution in [-0.4, -0.2) is 51.8 Å². The van der Waals surface area contributed by atoms with Crippen molar-refractivity contribution in [3.8, 4) is 0 Å². The number of sulfonamides is 1. The molecule has 0 aliphatic carbocycles. The molecule has 0 bridgehead atoms. The van der Waals surface area contributed by atoms with Gasteiger partial charge in [0.25, 0.3) is 0 Å². The zero-order valence-electron chi connectivity index (χ0n) is 14.2. The largest absolute Gasteiger partial charge is 0.336 e. The zero-order valence-corrected chi connectivity index (χ0v) is 15.8. The predicted molar refractivity (Wildman–Crippen MR) is 98.6 cm³/mol. The lowest BCUT2D eigenvalue weighted by molar-refractivity contribution is -0.115. The minimum absolute atomic E-state index is 0.232. The number of thioether (sulfide) groups is 1. The van der Waals surface area contributed by atoms with Gasteiger partial charge in [0, 0.05) is 18.8 Å². The molecule has 1 aromatic carbocycles. The van der Waals surface area contributed by atoms with Crippen molar-refractivity contribution >= 4 is 33.4 Å². The number of nitrogen functional groups attached to an aromatic ring is 1. The maximum Gasteiger partial charge on any atom is 0.243 e. The van der Waals surface area contributed by atoms with Gasteiger partial charge in [-0.25, -0.2) is 13.1 Å². The summed E-state index contributed by atoms with van der Waals surface area (Å²) in [5.74, 6) is 5.39. The van der Waals surface area contributed by atoms with Gasteiger partial charge in [-0.1, -0.05) is 11.8 Å². The van der Waals surface area contributed by atoms with Gasteiger partial charge >= 0.3 is 0 Å². The van der Waals surface area contributed by atoms with E-state index in [-0.39, 0.29) is 10.8 Å².